The molecule has 0 aliphatic carbocycles. The number of nitrogens with two attached hydrogens (primary N) is 1. The van der Waals surface area contributed by atoms with Gasteiger partial charge in [-0.2, -0.15) is 5.26 Å². The molecule has 0 spiro atoms. The van der Waals surface area contributed by atoms with E-state index in [9.17, 15) is 9.65 Å². The molecule has 0 aliphatic heterocycles. The molecule has 1 heterocycles. The molecule has 0 saturated carbocycles. The third kappa shape index (κ3) is 3.52. The van der Waals surface area contributed by atoms with Crippen LogP contribution in [0.25, 0.3) is 22.4 Å². The van der Waals surface area contributed by atoms with Crippen molar-refractivity contribution in [3.05, 3.63) is 53.3 Å². The highest BCUT2D eigenvalue weighted by atomic mass is 19.1. The molecule has 3 rings (SSSR count). The van der Waals surface area contributed by atoms with Crippen LogP contribution < -0.4 is 24.9 Å². The highest BCUT2D eigenvalue weighted by Gasteiger charge is 2.24. The first-order valence-corrected chi connectivity index (χ1v) is 8.76. The molecule has 3 N–H and O–H groups in total. The molecule has 3 aromatic rings. The van der Waals surface area contributed by atoms with Crippen LogP contribution >= 0.6 is 0 Å². The summed E-state index contributed by atoms with van der Waals surface area (Å²) < 4.78 is 29.6. The second-order valence-corrected chi connectivity index (χ2v) is 6.32. The maximum atomic E-state index is 13.4. The van der Waals surface area contributed by atoms with Crippen molar-refractivity contribution >= 4 is 5.82 Å². The summed E-state index contributed by atoms with van der Waals surface area (Å²) in [5, 5.41) is 9.75. The van der Waals surface area contributed by atoms with Crippen LogP contribution in [0.4, 0.5) is 10.2 Å². The zero-order valence-electron chi connectivity index (χ0n) is 16.6. The summed E-state index contributed by atoms with van der Waals surface area (Å²) >= 11 is 0. The average Bonchev–Trinajstić information content (AvgIpc) is 2.74. The van der Waals surface area contributed by atoms with Gasteiger partial charge in [-0.1, -0.05) is 0 Å². The Labute approximate surface area is 168 Å². The van der Waals surface area contributed by atoms with Gasteiger partial charge in [-0.05, 0) is 48.9 Å². The lowest BCUT2D eigenvalue weighted by Gasteiger charge is -2.17. The minimum absolute atomic E-state index is 0.209. The number of nitrogens with zero attached hydrogens (tertiary/aromatic N) is 1. The standard InChI is InChI=1S/C22H20FN3O3/c1-12-19(14-9-17(27-2)21(29-4)18(10-14)28-3)16(11-24)22(25)26-20(12)13-5-7-15(23)8-6-13/h5-10H,1-4H3,(H2,25,26)/p+1. The first-order chi connectivity index (χ1) is 13.9. The third-order valence-corrected chi connectivity index (χ3v) is 4.73. The summed E-state index contributed by atoms with van der Waals surface area (Å²) in [7, 11) is 4.57. The normalized spacial score (nSPS) is 10.3. The quantitative estimate of drug-likeness (QED) is 0.711. The van der Waals surface area contributed by atoms with Crippen LogP contribution in [0.5, 0.6) is 17.2 Å². The number of nitrogen functional groups attached to an aromatic ring is 1. The number of hydrogen-bond acceptors (Lipinski definition) is 5. The van der Waals surface area contributed by atoms with E-state index in [1.165, 1.54) is 33.5 Å². The number of nitrogens with one attached hydrogen (secondary N) is 1. The van der Waals surface area contributed by atoms with E-state index in [1.807, 2.05) is 6.92 Å². The minimum atomic E-state index is -0.335. The van der Waals surface area contributed by atoms with E-state index in [2.05, 4.69) is 11.1 Å². The lowest BCUT2D eigenvalue weighted by Crippen LogP contribution is -2.18. The van der Waals surface area contributed by atoms with Crippen molar-refractivity contribution in [2.45, 2.75) is 6.92 Å². The Hall–Kier alpha value is -3.79. The fourth-order valence-electron chi connectivity index (χ4n) is 3.35. The summed E-state index contributed by atoms with van der Waals surface area (Å²) in [5.41, 5.74) is 9.97. The fourth-order valence-corrected chi connectivity index (χ4v) is 3.35. The van der Waals surface area contributed by atoms with Gasteiger partial charge in [0.15, 0.2) is 11.5 Å². The molecule has 148 valence electrons. The molecule has 0 amide bonds. The number of pyridine rings is 1. The molecular formula is C22H21FN3O3+. The topological polar surface area (TPSA) is 91.6 Å². The van der Waals surface area contributed by atoms with Crippen LogP contribution in [0.2, 0.25) is 0 Å². The second-order valence-electron chi connectivity index (χ2n) is 6.32. The molecule has 7 heteroatoms. The van der Waals surface area contributed by atoms with Gasteiger partial charge in [0.25, 0.3) is 5.82 Å². The Morgan fingerprint density at radius 3 is 2.03 bits per heavy atom. The minimum Gasteiger partial charge on any atom is -0.493 e. The van der Waals surface area contributed by atoms with Crippen LogP contribution in [-0.4, -0.2) is 21.3 Å². The Kier molecular flexibility index (Phi) is 5.55. The summed E-state index contributed by atoms with van der Waals surface area (Å²) in [6.07, 6.45) is 0. The molecule has 2 aromatic carbocycles. The van der Waals surface area contributed by atoms with Gasteiger partial charge < -0.3 is 14.2 Å². The maximum absolute atomic E-state index is 13.4. The molecule has 6 nitrogen and oxygen atoms in total. The van der Waals surface area contributed by atoms with Crippen LogP contribution in [0.1, 0.15) is 11.1 Å². The van der Waals surface area contributed by atoms with Gasteiger partial charge in [0.2, 0.25) is 5.75 Å². The number of benzene rings is 2. The van der Waals surface area contributed by atoms with E-state index in [0.29, 0.717) is 39.6 Å². The van der Waals surface area contributed by atoms with Crippen molar-refractivity contribution in [2.24, 2.45) is 0 Å². The van der Waals surface area contributed by atoms with Gasteiger partial charge in [0.1, 0.15) is 23.1 Å². The summed E-state index contributed by atoms with van der Waals surface area (Å²) in [6, 6.07) is 11.7. The fraction of sp³-hybridized carbons (Fsp3) is 0.182. The lowest BCUT2D eigenvalue weighted by atomic mass is 9.92. The number of H-pyrrole nitrogens is 1. The smallest absolute Gasteiger partial charge is 0.289 e. The van der Waals surface area contributed by atoms with Crippen molar-refractivity contribution < 1.29 is 23.6 Å². The Balaban J connectivity index is 2.35. The molecule has 1 aromatic heterocycles. The molecule has 0 saturated heterocycles. The van der Waals surface area contributed by atoms with E-state index < -0.39 is 0 Å². The number of aromatic nitrogens is 1. The van der Waals surface area contributed by atoms with Gasteiger partial charge in [-0.3, -0.25) is 5.73 Å². The van der Waals surface area contributed by atoms with Crippen LogP contribution in [0, 0.1) is 24.1 Å². The largest absolute Gasteiger partial charge is 0.493 e. The lowest BCUT2D eigenvalue weighted by molar-refractivity contribution is -0.347. The van der Waals surface area contributed by atoms with Gasteiger partial charge >= 0.3 is 0 Å². The van der Waals surface area contributed by atoms with Crippen molar-refractivity contribution in [1.29, 1.82) is 5.26 Å². The maximum Gasteiger partial charge on any atom is 0.289 e. The summed E-state index contributed by atoms with van der Waals surface area (Å²) in [4.78, 5) is 3.07. The highest BCUT2D eigenvalue weighted by molar-refractivity contribution is 5.84. The third-order valence-electron chi connectivity index (χ3n) is 4.73. The predicted octanol–water partition coefficient (Wildman–Crippen LogP) is 3.76. The van der Waals surface area contributed by atoms with Crippen molar-refractivity contribution in [3.63, 3.8) is 0 Å². The molecule has 0 unspecified atom stereocenters. The van der Waals surface area contributed by atoms with Gasteiger partial charge in [-0.25, -0.2) is 9.37 Å². The zero-order valence-corrected chi connectivity index (χ0v) is 16.6. The van der Waals surface area contributed by atoms with Gasteiger partial charge in [0.05, 0.1) is 21.3 Å². The molecular weight excluding hydrogens is 373 g/mol. The van der Waals surface area contributed by atoms with Crippen molar-refractivity contribution in [3.8, 4) is 45.7 Å². The monoisotopic (exact) mass is 394 g/mol. The Bertz CT molecular complexity index is 1080. The molecule has 29 heavy (non-hydrogen) atoms. The second kappa shape index (κ2) is 8.07. The first kappa shape index (κ1) is 20.0. The highest BCUT2D eigenvalue weighted by Crippen LogP contribution is 2.43. The molecule has 0 radical (unpaired) electrons. The number of aromatic amines is 1. The molecule has 0 aliphatic rings. The number of methoxy groups -OCH3 is 3. The zero-order chi connectivity index (χ0) is 21.1. The van der Waals surface area contributed by atoms with E-state index in [-0.39, 0.29) is 11.6 Å². The molecule has 0 atom stereocenters. The van der Waals surface area contributed by atoms with Gasteiger partial charge in [0, 0.05) is 16.7 Å². The van der Waals surface area contributed by atoms with E-state index in [1.54, 1.807) is 24.3 Å². The SMILES string of the molecule is COc1cc(-c2c(C)c(-c3ccc(F)cc3)[nH+]c(N)c2C#N)cc(OC)c1OC. The number of anilines is 1. The predicted molar refractivity (Wildman–Crippen MR) is 107 cm³/mol. The van der Waals surface area contributed by atoms with Crippen LogP contribution in [0.3, 0.4) is 0 Å². The van der Waals surface area contributed by atoms with Crippen molar-refractivity contribution in [2.75, 3.05) is 27.1 Å². The van der Waals surface area contributed by atoms with Gasteiger partial charge in [-0.15, -0.1) is 0 Å². The summed E-state index contributed by atoms with van der Waals surface area (Å²) in [5.74, 6) is 1.24. The molecule has 0 bridgehead atoms. The Morgan fingerprint density at radius 1 is 0.966 bits per heavy atom. The number of nitriles is 1. The van der Waals surface area contributed by atoms with E-state index >= 15 is 0 Å². The number of rotatable bonds is 5. The molecule has 0 fully saturated rings. The van der Waals surface area contributed by atoms with Crippen LogP contribution in [-0.2, 0) is 0 Å². The average molecular weight is 394 g/mol. The first-order valence-electron chi connectivity index (χ1n) is 8.76. The van der Waals surface area contributed by atoms with Crippen molar-refractivity contribution in [1.82, 2.24) is 0 Å². The number of ether oxygens (including phenoxy) is 3. The van der Waals surface area contributed by atoms with Crippen LogP contribution in [0.15, 0.2) is 36.4 Å². The number of halogens is 1. The van der Waals surface area contributed by atoms with E-state index in [0.717, 1.165) is 11.1 Å². The summed E-state index contributed by atoms with van der Waals surface area (Å²) in [6.45, 7) is 1.87. The number of hydrogen-bond donors (Lipinski definition) is 1. The van der Waals surface area contributed by atoms with E-state index in [4.69, 9.17) is 19.9 Å². The Morgan fingerprint density at radius 2 is 1.55 bits per heavy atom.